The van der Waals surface area contributed by atoms with Crippen LogP contribution >= 0.6 is 15.9 Å². The van der Waals surface area contributed by atoms with Crippen LogP contribution in [0.5, 0.6) is 0 Å². The monoisotopic (exact) mass is 367 g/mol. The molecule has 5 heteroatoms. The smallest absolute Gasteiger partial charge is 0.207 e. The van der Waals surface area contributed by atoms with Crippen molar-refractivity contribution < 1.29 is 8.42 Å². The summed E-state index contributed by atoms with van der Waals surface area (Å²) in [6.07, 6.45) is 0. The van der Waals surface area contributed by atoms with Crippen LogP contribution in [-0.4, -0.2) is 13.7 Å². The van der Waals surface area contributed by atoms with Crippen LogP contribution in [0.4, 0.5) is 0 Å². The molecule has 0 fully saturated rings. The van der Waals surface area contributed by atoms with Gasteiger partial charge in [-0.05, 0) is 31.0 Å². The van der Waals surface area contributed by atoms with Crippen LogP contribution in [0.15, 0.2) is 53.4 Å². The number of benzene rings is 2. The summed E-state index contributed by atoms with van der Waals surface area (Å²) in [6, 6.07) is 14.6. The molecule has 0 aromatic heterocycles. The molecule has 3 nitrogen and oxygen atoms in total. The van der Waals surface area contributed by atoms with Gasteiger partial charge in [0.25, 0.3) is 0 Å². The predicted octanol–water partition coefficient (Wildman–Crippen LogP) is 3.72. The molecule has 1 atom stereocenters. The highest BCUT2D eigenvalue weighted by molar-refractivity contribution is 9.09. The third-order valence-corrected chi connectivity index (χ3v) is 5.55. The molecule has 1 N–H and O–H groups in total. The van der Waals surface area contributed by atoms with E-state index in [0.29, 0.717) is 10.2 Å². The van der Waals surface area contributed by atoms with Gasteiger partial charge in [-0.25, -0.2) is 13.1 Å². The van der Waals surface area contributed by atoms with E-state index in [1.54, 1.807) is 6.07 Å². The van der Waals surface area contributed by atoms with E-state index in [1.165, 1.54) is 0 Å². The van der Waals surface area contributed by atoms with Crippen molar-refractivity contribution in [1.82, 2.24) is 4.72 Å². The third-order valence-electron chi connectivity index (χ3n) is 3.27. The average molecular weight is 368 g/mol. The Bertz CT molecular complexity index is 714. The number of sulfonamides is 1. The maximum atomic E-state index is 12.6. The summed E-state index contributed by atoms with van der Waals surface area (Å²) < 4.78 is 27.9. The van der Waals surface area contributed by atoms with Crippen molar-refractivity contribution in [2.24, 2.45) is 0 Å². The lowest BCUT2D eigenvalue weighted by Crippen LogP contribution is -2.30. The Morgan fingerprint density at radius 3 is 2.33 bits per heavy atom. The molecule has 0 heterocycles. The van der Waals surface area contributed by atoms with Crippen molar-refractivity contribution >= 4 is 26.0 Å². The van der Waals surface area contributed by atoms with E-state index in [0.717, 1.165) is 16.7 Å². The summed E-state index contributed by atoms with van der Waals surface area (Å²) in [7, 11) is -3.55. The van der Waals surface area contributed by atoms with Crippen LogP contribution in [0.25, 0.3) is 0 Å². The van der Waals surface area contributed by atoms with Crippen LogP contribution in [-0.2, 0) is 10.0 Å². The first kappa shape index (κ1) is 16.2. The van der Waals surface area contributed by atoms with E-state index in [-0.39, 0.29) is 6.04 Å². The quantitative estimate of drug-likeness (QED) is 0.818. The molecular weight excluding hydrogens is 350 g/mol. The summed E-state index contributed by atoms with van der Waals surface area (Å²) in [5.41, 5.74) is 2.73. The molecule has 2 aromatic rings. The maximum Gasteiger partial charge on any atom is 0.241 e. The Kier molecular flexibility index (Phi) is 5.19. The molecular formula is C16H18BrNO2S. The van der Waals surface area contributed by atoms with Gasteiger partial charge in [0.1, 0.15) is 0 Å². The summed E-state index contributed by atoms with van der Waals surface area (Å²) in [5.74, 6) is 0. The second-order valence-corrected chi connectivity index (χ2v) is 7.34. The molecule has 2 rings (SSSR count). The normalized spacial score (nSPS) is 13.1. The van der Waals surface area contributed by atoms with Crippen molar-refractivity contribution in [3.05, 3.63) is 65.2 Å². The highest BCUT2D eigenvalue weighted by atomic mass is 79.9. The molecule has 2 aromatic carbocycles. The molecule has 0 amide bonds. The number of halogens is 1. The van der Waals surface area contributed by atoms with E-state index in [1.807, 2.05) is 56.3 Å². The highest BCUT2D eigenvalue weighted by Gasteiger charge is 2.22. The lowest BCUT2D eigenvalue weighted by atomic mass is 10.1. The molecule has 1 unspecified atom stereocenters. The Hall–Kier alpha value is -1.17. The summed E-state index contributed by atoms with van der Waals surface area (Å²) >= 11 is 3.38. The van der Waals surface area contributed by atoms with Gasteiger partial charge in [-0.1, -0.05) is 64.0 Å². The zero-order chi connectivity index (χ0) is 15.5. The first-order valence-electron chi connectivity index (χ1n) is 6.64. The molecule has 0 aliphatic carbocycles. The first-order chi connectivity index (χ1) is 9.94. The maximum absolute atomic E-state index is 12.6. The first-order valence-corrected chi connectivity index (χ1v) is 9.25. The molecule has 0 saturated carbocycles. The summed E-state index contributed by atoms with van der Waals surface area (Å²) in [6.45, 7) is 3.76. The zero-order valence-electron chi connectivity index (χ0n) is 12.0. The standard InChI is InChI=1S/C16H18BrNO2S/c1-12-8-9-16(13(2)10-12)21(19,20)18-15(11-17)14-6-4-3-5-7-14/h3-10,15,18H,11H2,1-2H3. The highest BCUT2D eigenvalue weighted by Crippen LogP contribution is 2.21. The summed E-state index contributed by atoms with van der Waals surface area (Å²) in [5, 5.41) is 0.515. The van der Waals surface area contributed by atoms with Gasteiger partial charge in [-0.15, -0.1) is 0 Å². The Labute approximate surface area is 134 Å². The van der Waals surface area contributed by atoms with Gasteiger partial charge in [0, 0.05) is 5.33 Å². The largest absolute Gasteiger partial charge is 0.241 e. The second kappa shape index (κ2) is 6.73. The van der Waals surface area contributed by atoms with Crippen LogP contribution < -0.4 is 4.72 Å². The van der Waals surface area contributed by atoms with Crippen LogP contribution in [0.3, 0.4) is 0 Å². The Morgan fingerprint density at radius 2 is 1.76 bits per heavy atom. The molecule has 112 valence electrons. The van der Waals surface area contributed by atoms with Gasteiger partial charge in [0.05, 0.1) is 10.9 Å². The molecule has 0 bridgehead atoms. The average Bonchev–Trinajstić information content (AvgIpc) is 2.45. The van der Waals surface area contributed by atoms with E-state index >= 15 is 0 Å². The Balaban J connectivity index is 2.32. The van der Waals surface area contributed by atoms with Crippen molar-refractivity contribution in [2.45, 2.75) is 24.8 Å². The van der Waals surface area contributed by atoms with E-state index < -0.39 is 10.0 Å². The van der Waals surface area contributed by atoms with Gasteiger partial charge < -0.3 is 0 Å². The summed E-state index contributed by atoms with van der Waals surface area (Å²) in [4.78, 5) is 0.329. The number of nitrogens with one attached hydrogen (secondary N) is 1. The lowest BCUT2D eigenvalue weighted by Gasteiger charge is -2.18. The van der Waals surface area contributed by atoms with Gasteiger partial charge in [-0.3, -0.25) is 0 Å². The van der Waals surface area contributed by atoms with Crippen LogP contribution in [0, 0.1) is 13.8 Å². The van der Waals surface area contributed by atoms with Gasteiger partial charge in [0.15, 0.2) is 0 Å². The van der Waals surface area contributed by atoms with E-state index in [4.69, 9.17) is 0 Å². The number of hydrogen-bond donors (Lipinski definition) is 1. The fourth-order valence-electron chi connectivity index (χ4n) is 2.23. The minimum absolute atomic E-state index is 0.295. The molecule has 0 spiro atoms. The number of hydrogen-bond acceptors (Lipinski definition) is 2. The lowest BCUT2D eigenvalue weighted by molar-refractivity contribution is 0.568. The minimum atomic E-state index is -3.55. The molecule has 21 heavy (non-hydrogen) atoms. The van der Waals surface area contributed by atoms with Gasteiger partial charge >= 0.3 is 0 Å². The van der Waals surface area contributed by atoms with Crippen molar-refractivity contribution in [1.29, 1.82) is 0 Å². The van der Waals surface area contributed by atoms with Crippen molar-refractivity contribution in [3.8, 4) is 0 Å². The topological polar surface area (TPSA) is 46.2 Å². The number of aryl methyl sites for hydroxylation is 2. The number of alkyl halides is 1. The molecule has 0 saturated heterocycles. The molecule has 0 radical (unpaired) electrons. The molecule has 0 aliphatic heterocycles. The van der Waals surface area contributed by atoms with Crippen LogP contribution in [0.1, 0.15) is 22.7 Å². The fourth-order valence-corrected chi connectivity index (χ4v) is 4.43. The molecule has 0 aliphatic rings. The SMILES string of the molecule is Cc1ccc(S(=O)(=O)NC(CBr)c2ccccc2)c(C)c1. The number of rotatable bonds is 5. The van der Waals surface area contributed by atoms with E-state index in [2.05, 4.69) is 20.7 Å². The minimum Gasteiger partial charge on any atom is -0.207 e. The van der Waals surface area contributed by atoms with Crippen molar-refractivity contribution in [2.75, 3.05) is 5.33 Å². The van der Waals surface area contributed by atoms with Gasteiger partial charge in [0.2, 0.25) is 10.0 Å². The third kappa shape index (κ3) is 3.93. The van der Waals surface area contributed by atoms with E-state index in [9.17, 15) is 8.42 Å². The van der Waals surface area contributed by atoms with Crippen LogP contribution in [0.2, 0.25) is 0 Å². The van der Waals surface area contributed by atoms with Gasteiger partial charge in [-0.2, -0.15) is 0 Å². The zero-order valence-corrected chi connectivity index (χ0v) is 14.4. The van der Waals surface area contributed by atoms with Crippen molar-refractivity contribution in [3.63, 3.8) is 0 Å². The second-order valence-electron chi connectivity index (χ2n) is 5.01. The Morgan fingerprint density at radius 1 is 1.10 bits per heavy atom. The fraction of sp³-hybridized carbons (Fsp3) is 0.250. The predicted molar refractivity (Wildman–Crippen MR) is 89.2 cm³/mol.